The summed E-state index contributed by atoms with van der Waals surface area (Å²) in [4.78, 5) is 13.7. The van der Waals surface area contributed by atoms with Crippen LogP contribution >= 0.6 is 11.8 Å². The molecule has 0 aliphatic carbocycles. The minimum Gasteiger partial charge on any atom is -0.285 e. The zero-order valence-electron chi connectivity index (χ0n) is 14.1. The van der Waals surface area contributed by atoms with Gasteiger partial charge in [-0.3, -0.25) is 9.69 Å². The van der Waals surface area contributed by atoms with Crippen molar-refractivity contribution in [2.45, 2.75) is 20.4 Å². The van der Waals surface area contributed by atoms with E-state index in [4.69, 9.17) is 0 Å². The second-order valence-electron chi connectivity index (χ2n) is 5.88. The maximum absolute atomic E-state index is 13.0. The second kappa shape index (κ2) is 7.61. The van der Waals surface area contributed by atoms with Crippen molar-refractivity contribution in [3.63, 3.8) is 0 Å². The lowest BCUT2D eigenvalue weighted by Gasteiger charge is -2.15. The summed E-state index contributed by atoms with van der Waals surface area (Å²) in [6, 6.07) is 12.2. The van der Waals surface area contributed by atoms with E-state index in [1.165, 1.54) is 29.5 Å². The molecule has 0 bridgehead atoms. The maximum atomic E-state index is 13.0. The molecular formula is C19H18FN3OS. The molecule has 0 N–H and O–H groups in total. The molecule has 3 rings (SSSR count). The van der Waals surface area contributed by atoms with Crippen LogP contribution in [0.5, 0.6) is 0 Å². The lowest BCUT2D eigenvalue weighted by molar-refractivity contribution is -0.124. The van der Waals surface area contributed by atoms with Crippen molar-refractivity contribution < 1.29 is 9.18 Å². The Kier molecular flexibility index (Phi) is 5.28. The third kappa shape index (κ3) is 4.33. The molecule has 0 unspecified atom stereocenters. The van der Waals surface area contributed by atoms with Gasteiger partial charge in [0.05, 0.1) is 18.5 Å². The molecule has 2 aromatic carbocycles. The molecule has 1 saturated heterocycles. The standard InChI is InChI=1S/C19H18FN3OS/c1-13-3-6-16(14(2)9-13)10-21-22-19-23(18(24)12-25-19)11-15-4-7-17(20)8-5-15/h3-10H,11-12H2,1-2H3. The van der Waals surface area contributed by atoms with Gasteiger partial charge in [0.1, 0.15) is 5.82 Å². The first-order valence-corrected chi connectivity index (χ1v) is 8.87. The molecule has 1 amide bonds. The molecule has 1 aliphatic rings. The summed E-state index contributed by atoms with van der Waals surface area (Å²) in [5, 5.41) is 8.92. The zero-order chi connectivity index (χ0) is 17.8. The van der Waals surface area contributed by atoms with Crippen LogP contribution in [0.1, 0.15) is 22.3 Å². The van der Waals surface area contributed by atoms with Crippen LogP contribution in [0.3, 0.4) is 0 Å². The summed E-state index contributed by atoms with van der Waals surface area (Å²) in [5.74, 6) is 0.0340. The number of hydrogen-bond donors (Lipinski definition) is 0. The molecule has 2 aromatic rings. The van der Waals surface area contributed by atoms with E-state index in [-0.39, 0.29) is 11.7 Å². The highest BCUT2D eigenvalue weighted by molar-refractivity contribution is 8.15. The molecular weight excluding hydrogens is 337 g/mol. The molecule has 6 heteroatoms. The highest BCUT2D eigenvalue weighted by Gasteiger charge is 2.28. The molecule has 0 atom stereocenters. The fraction of sp³-hybridized carbons (Fsp3) is 0.211. The summed E-state index contributed by atoms with van der Waals surface area (Å²) in [6.07, 6.45) is 1.70. The van der Waals surface area contributed by atoms with E-state index < -0.39 is 0 Å². The summed E-state index contributed by atoms with van der Waals surface area (Å²) >= 11 is 1.36. The predicted octanol–water partition coefficient (Wildman–Crippen LogP) is 3.91. The van der Waals surface area contributed by atoms with Crippen LogP contribution in [0, 0.1) is 19.7 Å². The van der Waals surface area contributed by atoms with Gasteiger partial charge in [-0.25, -0.2) is 4.39 Å². The SMILES string of the molecule is Cc1ccc(C=NN=C2SCC(=O)N2Cc2ccc(F)cc2)c(C)c1. The van der Waals surface area contributed by atoms with E-state index in [1.807, 2.05) is 26.0 Å². The highest BCUT2D eigenvalue weighted by Crippen LogP contribution is 2.22. The molecule has 0 saturated carbocycles. The number of carbonyl (C=O) groups excluding carboxylic acids is 1. The van der Waals surface area contributed by atoms with Crippen LogP contribution < -0.4 is 0 Å². The largest absolute Gasteiger partial charge is 0.285 e. The lowest BCUT2D eigenvalue weighted by atomic mass is 10.1. The van der Waals surface area contributed by atoms with Crippen LogP contribution in [0.25, 0.3) is 0 Å². The Hall–Kier alpha value is -2.47. The van der Waals surface area contributed by atoms with Gasteiger partial charge in [0.25, 0.3) is 0 Å². The van der Waals surface area contributed by atoms with Gasteiger partial charge < -0.3 is 0 Å². The van der Waals surface area contributed by atoms with Gasteiger partial charge in [-0.1, -0.05) is 47.7 Å². The summed E-state index contributed by atoms with van der Waals surface area (Å²) in [7, 11) is 0. The fourth-order valence-electron chi connectivity index (χ4n) is 2.51. The number of hydrogen-bond acceptors (Lipinski definition) is 4. The van der Waals surface area contributed by atoms with Crippen molar-refractivity contribution in [2.75, 3.05) is 5.75 Å². The minimum absolute atomic E-state index is 0.0187. The van der Waals surface area contributed by atoms with Gasteiger partial charge in [-0.15, -0.1) is 5.10 Å². The number of amidine groups is 1. The Morgan fingerprint density at radius 1 is 1.20 bits per heavy atom. The number of amides is 1. The second-order valence-corrected chi connectivity index (χ2v) is 6.82. The number of aryl methyl sites for hydroxylation is 2. The quantitative estimate of drug-likeness (QED) is 0.617. The van der Waals surface area contributed by atoms with Crippen molar-refractivity contribution in [3.05, 3.63) is 70.5 Å². The lowest BCUT2D eigenvalue weighted by Crippen LogP contribution is -2.28. The van der Waals surface area contributed by atoms with Crippen molar-refractivity contribution in [1.29, 1.82) is 0 Å². The first kappa shape index (κ1) is 17.4. The van der Waals surface area contributed by atoms with Crippen molar-refractivity contribution in [1.82, 2.24) is 4.90 Å². The van der Waals surface area contributed by atoms with Crippen molar-refractivity contribution in [2.24, 2.45) is 10.2 Å². The van der Waals surface area contributed by atoms with Gasteiger partial charge in [0.15, 0.2) is 5.17 Å². The highest BCUT2D eigenvalue weighted by atomic mass is 32.2. The number of rotatable bonds is 4. The molecule has 0 radical (unpaired) electrons. The molecule has 0 aromatic heterocycles. The number of halogens is 1. The smallest absolute Gasteiger partial charge is 0.239 e. The van der Waals surface area contributed by atoms with Gasteiger partial charge >= 0.3 is 0 Å². The normalized spacial score (nSPS) is 16.4. The average Bonchev–Trinajstić information content (AvgIpc) is 2.92. The maximum Gasteiger partial charge on any atom is 0.239 e. The van der Waals surface area contributed by atoms with E-state index in [0.29, 0.717) is 17.5 Å². The first-order valence-electron chi connectivity index (χ1n) is 7.89. The van der Waals surface area contributed by atoms with Crippen LogP contribution in [0.4, 0.5) is 4.39 Å². The Bertz CT molecular complexity index is 846. The topological polar surface area (TPSA) is 45.0 Å². The average molecular weight is 355 g/mol. The Labute approximate surface area is 150 Å². The Morgan fingerprint density at radius 3 is 2.68 bits per heavy atom. The fourth-order valence-corrected chi connectivity index (χ4v) is 3.35. The zero-order valence-corrected chi connectivity index (χ0v) is 14.9. The number of carbonyl (C=O) groups is 1. The monoisotopic (exact) mass is 355 g/mol. The number of benzene rings is 2. The van der Waals surface area contributed by atoms with Gasteiger partial charge in [0, 0.05) is 0 Å². The van der Waals surface area contributed by atoms with Crippen molar-refractivity contribution >= 4 is 29.1 Å². The summed E-state index contributed by atoms with van der Waals surface area (Å²) < 4.78 is 13.0. The van der Waals surface area contributed by atoms with E-state index in [0.717, 1.165) is 16.7 Å². The molecule has 1 heterocycles. The molecule has 1 aliphatic heterocycles. The van der Waals surface area contributed by atoms with Crippen LogP contribution in [-0.4, -0.2) is 27.9 Å². The minimum atomic E-state index is -0.294. The summed E-state index contributed by atoms with van der Waals surface area (Å²) in [5.41, 5.74) is 4.17. The van der Waals surface area contributed by atoms with Crippen LogP contribution in [-0.2, 0) is 11.3 Å². The van der Waals surface area contributed by atoms with Gasteiger partial charge in [-0.2, -0.15) is 5.10 Å². The third-order valence-corrected chi connectivity index (χ3v) is 4.83. The Morgan fingerprint density at radius 2 is 1.96 bits per heavy atom. The molecule has 128 valence electrons. The van der Waals surface area contributed by atoms with Gasteiger partial charge in [-0.05, 0) is 42.7 Å². The van der Waals surface area contributed by atoms with Crippen molar-refractivity contribution in [3.8, 4) is 0 Å². The number of thioether (sulfide) groups is 1. The van der Waals surface area contributed by atoms with Crippen LogP contribution in [0.15, 0.2) is 52.7 Å². The molecule has 0 spiro atoms. The van der Waals surface area contributed by atoms with Crippen LogP contribution in [0.2, 0.25) is 0 Å². The third-order valence-electron chi connectivity index (χ3n) is 3.88. The molecule has 1 fully saturated rings. The van der Waals surface area contributed by atoms with E-state index in [1.54, 1.807) is 23.2 Å². The Balaban J connectivity index is 1.75. The first-order chi connectivity index (χ1) is 12.0. The summed E-state index contributed by atoms with van der Waals surface area (Å²) in [6.45, 7) is 4.43. The molecule has 4 nitrogen and oxygen atoms in total. The molecule has 25 heavy (non-hydrogen) atoms. The number of nitrogens with zero attached hydrogens (tertiary/aromatic N) is 3. The van der Waals surface area contributed by atoms with E-state index in [9.17, 15) is 9.18 Å². The van der Waals surface area contributed by atoms with E-state index in [2.05, 4.69) is 16.3 Å². The van der Waals surface area contributed by atoms with Gasteiger partial charge in [0.2, 0.25) is 5.91 Å². The predicted molar refractivity (Wildman–Crippen MR) is 100 cm³/mol. The van der Waals surface area contributed by atoms with E-state index >= 15 is 0 Å².